The minimum atomic E-state index is 1.13. The average molecular weight is 341 g/mol. The smallest absolute Gasteiger partial charge is 0.0235 e. The van der Waals surface area contributed by atoms with Crippen LogP contribution in [0.3, 0.4) is 0 Å². The van der Waals surface area contributed by atoms with Crippen LogP contribution in [-0.4, -0.2) is 0 Å². The topological polar surface area (TPSA) is 0 Å². The van der Waals surface area contributed by atoms with E-state index in [4.69, 9.17) is 0 Å². The van der Waals surface area contributed by atoms with Crippen LogP contribution in [0.5, 0.6) is 0 Å². The van der Waals surface area contributed by atoms with Crippen molar-refractivity contribution >= 4 is 0 Å². The van der Waals surface area contributed by atoms with E-state index >= 15 is 0 Å². The number of hydrogen-bond acceptors (Lipinski definition) is 0. The lowest BCUT2D eigenvalue weighted by molar-refractivity contribution is 0.868. The maximum Gasteiger partial charge on any atom is -0.0235 e. The van der Waals surface area contributed by atoms with Crippen molar-refractivity contribution in [3.05, 3.63) is 105 Å². The molecule has 0 aliphatic heterocycles. The second kappa shape index (κ2) is 7.50. The van der Waals surface area contributed by atoms with Crippen molar-refractivity contribution in [3.63, 3.8) is 0 Å². The molecule has 0 radical (unpaired) electrons. The maximum atomic E-state index is 2.48. The van der Waals surface area contributed by atoms with Crippen molar-refractivity contribution in [3.8, 4) is 0 Å². The van der Waals surface area contributed by atoms with Crippen LogP contribution < -0.4 is 0 Å². The Hall–Kier alpha value is -2.34. The molecule has 0 atom stereocenters. The molecule has 26 heavy (non-hydrogen) atoms. The van der Waals surface area contributed by atoms with E-state index < -0.39 is 0 Å². The van der Waals surface area contributed by atoms with Gasteiger partial charge in [0.15, 0.2) is 0 Å². The summed E-state index contributed by atoms with van der Waals surface area (Å²) < 4.78 is 0. The molecule has 0 nitrogen and oxygen atoms in total. The first-order chi connectivity index (χ1) is 12.7. The van der Waals surface area contributed by atoms with E-state index in [1.54, 1.807) is 5.56 Å². The Balaban J connectivity index is 1.60. The fraction of sp³-hybridized carbons (Fsp3) is 0.308. The standard InChI is InChI=1S/C26H28/c1-19-4-3-5-21(16-19)10-13-26-18-23-7-6-22-8-11-24(20(2)17-22)14-15-25(26)12-9-23/h3-5,8-9,11-12,16-18H,6-7,10,13-15H2,1-2H3. The monoisotopic (exact) mass is 340 g/mol. The summed E-state index contributed by atoms with van der Waals surface area (Å²) in [6, 6.07) is 23.2. The van der Waals surface area contributed by atoms with E-state index in [1.807, 2.05) is 0 Å². The molecule has 3 aromatic carbocycles. The molecule has 4 bridgehead atoms. The van der Waals surface area contributed by atoms with Crippen LogP contribution in [0, 0.1) is 13.8 Å². The van der Waals surface area contributed by atoms with Gasteiger partial charge in [0.1, 0.15) is 0 Å². The molecule has 0 spiro atoms. The molecule has 0 unspecified atom stereocenters. The first-order valence-corrected chi connectivity index (χ1v) is 9.92. The zero-order valence-electron chi connectivity index (χ0n) is 16.0. The third kappa shape index (κ3) is 3.90. The molecule has 3 aromatic rings. The highest BCUT2D eigenvalue weighted by molar-refractivity contribution is 5.38. The molecule has 132 valence electrons. The average Bonchev–Trinajstić information content (AvgIpc) is 2.63. The molecule has 0 saturated carbocycles. The van der Waals surface area contributed by atoms with Crippen LogP contribution in [-0.2, 0) is 38.5 Å². The molecule has 0 fully saturated rings. The Kier molecular flexibility index (Phi) is 4.93. The Labute approximate surface area is 157 Å². The van der Waals surface area contributed by atoms with Gasteiger partial charge in [-0.25, -0.2) is 0 Å². The lowest BCUT2D eigenvalue weighted by Gasteiger charge is -2.16. The number of aryl methyl sites for hydroxylation is 8. The molecule has 0 aromatic heterocycles. The van der Waals surface area contributed by atoms with Gasteiger partial charge in [0.05, 0.1) is 0 Å². The summed E-state index contributed by atoms with van der Waals surface area (Å²) in [7, 11) is 0. The zero-order valence-corrected chi connectivity index (χ0v) is 16.0. The van der Waals surface area contributed by atoms with Gasteiger partial charge in [-0.1, -0.05) is 66.2 Å². The van der Waals surface area contributed by atoms with Crippen LogP contribution in [0.1, 0.15) is 44.5 Å². The third-order valence-electron chi connectivity index (χ3n) is 5.81. The van der Waals surface area contributed by atoms with E-state index in [-0.39, 0.29) is 0 Å². The van der Waals surface area contributed by atoms with E-state index in [1.165, 1.54) is 38.9 Å². The van der Waals surface area contributed by atoms with Gasteiger partial charge < -0.3 is 0 Å². The second-order valence-electron chi connectivity index (χ2n) is 7.85. The molecule has 4 aliphatic rings. The van der Waals surface area contributed by atoms with Gasteiger partial charge in [-0.15, -0.1) is 0 Å². The summed E-state index contributed by atoms with van der Waals surface area (Å²) in [5, 5.41) is 0. The first kappa shape index (κ1) is 17.1. The van der Waals surface area contributed by atoms with Crippen LogP contribution in [0.4, 0.5) is 0 Å². The van der Waals surface area contributed by atoms with Crippen LogP contribution in [0.15, 0.2) is 60.7 Å². The van der Waals surface area contributed by atoms with Crippen LogP contribution in [0.2, 0.25) is 0 Å². The van der Waals surface area contributed by atoms with Crippen molar-refractivity contribution < 1.29 is 0 Å². The lowest BCUT2D eigenvalue weighted by atomic mass is 9.89. The van der Waals surface area contributed by atoms with Gasteiger partial charge in [-0.3, -0.25) is 0 Å². The zero-order chi connectivity index (χ0) is 17.9. The van der Waals surface area contributed by atoms with Gasteiger partial charge in [0.2, 0.25) is 0 Å². The van der Waals surface area contributed by atoms with Gasteiger partial charge in [0.25, 0.3) is 0 Å². The van der Waals surface area contributed by atoms with E-state index in [0.717, 1.165) is 38.5 Å². The van der Waals surface area contributed by atoms with Gasteiger partial charge >= 0.3 is 0 Å². The van der Waals surface area contributed by atoms with Crippen molar-refractivity contribution in [2.45, 2.75) is 52.4 Å². The maximum absolute atomic E-state index is 2.48. The SMILES string of the molecule is Cc1cccc(CCc2cc3ccc2CCc2ccc(cc2C)CC3)c1. The van der Waals surface area contributed by atoms with Crippen LogP contribution in [0.25, 0.3) is 0 Å². The summed E-state index contributed by atoms with van der Waals surface area (Å²) in [6.45, 7) is 4.45. The minimum absolute atomic E-state index is 1.13. The molecule has 7 rings (SSSR count). The third-order valence-corrected chi connectivity index (χ3v) is 5.81. The van der Waals surface area contributed by atoms with E-state index in [2.05, 4.69) is 74.5 Å². The Morgan fingerprint density at radius 2 is 1.38 bits per heavy atom. The van der Waals surface area contributed by atoms with Crippen molar-refractivity contribution in [1.82, 2.24) is 0 Å². The normalized spacial score (nSPS) is 13.5. The van der Waals surface area contributed by atoms with Crippen molar-refractivity contribution in [1.29, 1.82) is 0 Å². The number of benzene rings is 3. The fourth-order valence-corrected chi connectivity index (χ4v) is 4.21. The van der Waals surface area contributed by atoms with Crippen LogP contribution >= 0.6 is 0 Å². The summed E-state index contributed by atoms with van der Waals surface area (Å²) >= 11 is 0. The molecular weight excluding hydrogens is 312 g/mol. The highest BCUT2D eigenvalue weighted by atomic mass is 14.1. The summed E-state index contributed by atoms with van der Waals surface area (Å²) in [5.74, 6) is 0. The lowest BCUT2D eigenvalue weighted by Crippen LogP contribution is -2.04. The number of rotatable bonds is 3. The van der Waals surface area contributed by atoms with Crippen molar-refractivity contribution in [2.75, 3.05) is 0 Å². The second-order valence-corrected chi connectivity index (χ2v) is 7.85. The minimum Gasteiger partial charge on any atom is -0.0617 e. The van der Waals surface area contributed by atoms with Gasteiger partial charge in [0, 0.05) is 0 Å². The van der Waals surface area contributed by atoms with E-state index in [0.29, 0.717) is 0 Å². The molecular formula is C26H28. The Bertz CT molecular complexity index is 917. The Morgan fingerprint density at radius 1 is 0.654 bits per heavy atom. The van der Waals surface area contributed by atoms with Gasteiger partial charge in [-0.2, -0.15) is 0 Å². The molecule has 0 amide bonds. The number of hydrogen-bond donors (Lipinski definition) is 0. The Morgan fingerprint density at radius 3 is 2.15 bits per heavy atom. The predicted molar refractivity (Wildman–Crippen MR) is 111 cm³/mol. The molecule has 0 heterocycles. The molecule has 4 aliphatic carbocycles. The molecule has 0 N–H and O–H groups in total. The molecule has 0 saturated heterocycles. The summed E-state index contributed by atoms with van der Waals surface area (Å²) in [5.41, 5.74) is 11.8. The predicted octanol–water partition coefficient (Wildman–Crippen LogP) is 5.97. The largest absolute Gasteiger partial charge is 0.0617 e. The summed E-state index contributed by atoms with van der Waals surface area (Å²) in [6.07, 6.45) is 6.83. The van der Waals surface area contributed by atoms with Gasteiger partial charge in [-0.05, 0) is 91.3 Å². The highest BCUT2D eigenvalue weighted by Crippen LogP contribution is 2.22. The van der Waals surface area contributed by atoms with Crippen molar-refractivity contribution in [2.24, 2.45) is 0 Å². The van der Waals surface area contributed by atoms with E-state index in [9.17, 15) is 0 Å². The molecule has 0 heteroatoms. The first-order valence-electron chi connectivity index (χ1n) is 9.92. The fourth-order valence-electron chi connectivity index (χ4n) is 4.21. The highest BCUT2D eigenvalue weighted by Gasteiger charge is 2.10. The summed E-state index contributed by atoms with van der Waals surface area (Å²) in [4.78, 5) is 0. The quantitative estimate of drug-likeness (QED) is 0.551.